The Balaban J connectivity index is 0.000000168. The molecule has 1 aliphatic carbocycles. The first-order chi connectivity index (χ1) is 14.1. The number of nitrogens with two attached hydrogens (primary N) is 2. The lowest BCUT2D eigenvalue weighted by Crippen LogP contribution is -2.44. The van der Waals surface area contributed by atoms with Gasteiger partial charge in [0.1, 0.15) is 5.52 Å². The van der Waals surface area contributed by atoms with Crippen molar-refractivity contribution >= 4 is 22.9 Å². The second-order valence-corrected chi connectivity index (χ2v) is 7.67. The number of nitrogen functional groups attached to an aromatic ring is 2. The number of ether oxygens (including phenoxy) is 1. The van der Waals surface area contributed by atoms with E-state index in [4.69, 9.17) is 16.2 Å². The summed E-state index contributed by atoms with van der Waals surface area (Å²) in [5, 5.41) is 8.21. The number of nitrogens with zero attached hydrogens (tertiary/aromatic N) is 6. The molecule has 5 heterocycles. The minimum atomic E-state index is 0.136. The number of rotatable bonds is 1. The molecule has 2 fully saturated rings. The molecule has 1 aliphatic heterocycles. The molecule has 1 saturated heterocycles. The van der Waals surface area contributed by atoms with Gasteiger partial charge in [-0.05, 0) is 31.4 Å². The second-order valence-electron chi connectivity index (χ2n) is 7.67. The van der Waals surface area contributed by atoms with Gasteiger partial charge in [0.2, 0.25) is 5.95 Å². The largest absolute Gasteiger partial charge is 0.382 e. The number of anilines is 2. The third-order valence-electron chi connectivity index (χ3n) is 5.82. The quantitative estimate of drug-likeness (QED) is 0.511. The molecule has 0 unspecified atom stereocenters. The monoisotopic (exact) mass is 392 g/mol. The molecule has 0 bridgehead atoms. The third-order valence-corrected chi connectivity index (χ3v) is 5.82. The van der Waals surface area contributed by atoms with E-state index in [1.165, 1.54) is 38.5 Å². The normalized spacial score (nSPS) is 17.8. The molecule has 0 aromatic carbocycles. The van der Waals surface area contributed by atoms with Crippen LogP contribution in [0.5, 0.6) is 0 Å². The van der Waals surface area contributed by atoms with E-state index in [1.807, 2.05) is 24.4 Å². The fourth-order valence-electron chi connectivity index (χ4n) is 4.22. The summed E-state index contributed by atoms with van der Waals surface area (Å²) in [6.07, 6.45) is 13.6. The Morgan fingerprint density at radius 1 is 0.931 bits per heavy atom. The molecule has 29 heavy (non-hydrogen) atoms. The summed E-state index contributed by atoms with van der Waals surface area (Å²) in [4.78, 5) is 8.53. The Kier molecular flexibility index (Phi) is 4.31. The molecule has 1 spiro atoms. The zero-order valence-electron chi connectivity index (χ0n) is 16.2. The number of aromatic nitrogens is 6. The lowest BCUT2D eigenvalue weighted by atomic mass is 9.79. The molecule has 9 nitrogen and oxygen atoms in total. The first kappa shape index (κ1) is 17.9. The van der Waals surface area contributed by atoms with Gasteiger partial charge in [0, 0.05) is 24.0 Å². The molecule has 6 rings (SSSR count). The Hall–Kier alpha value is -3.20. The van der Waals surface area contributed by atoms with Crippen LogP contribution in [0.15, 0.2) is 36.8 Å². The smallest absolute Gasteiger partial charge is 0.240 e. The van der Waals surface area contributed by atoms with E-state index < -0.39 is 0 Å². The number of hydrogen-bond acceptors (Lipinski definition) is 7. The molecule has 0 atom stereocenters. The summed E-state index contributed by atoms with van der Waals surface area (Å²) in [6.45, 7) is 1.03. The van der Waals surface area contributed by atoms with Gasteiger partial charge in [0.05, 0.1) is 24.1 Å². The van der Waals surface area contributed by atoms with Crippen molar-refractivity contribution in [1.82, 2.24) is 29.2 Å². The van der Waals surface area contributed by atoms with E-state index >= 15 is 0 Å². The predicted octanol–water partition coefficient (Wildman–Crippen LogP) is 2.71. The van der Waals surface area contributed by atoms with Crippen molar-refractivity contribution in [2.75, 3.05) is 18.1 Å². The van der Waals surface area contributed by atoms with Crippen LogP contribution >= 0.6 is 0 Å². The molecule has 150 valence electrons. The highest BCUT2D eigenvalue weighted by atomic mass is 16.5. The Labute approximate surface area is 167 Å². The predicted molar refractivity (Wildman–Crippen MR) is 110 cm³/mol. The van der Waals surface area contributed by atoms with Crippen molar-refractivity contribution < 1.29 is 4.74 Å². The summed E-state index contributed by atoms with van der Waals surface area (Å²) in [5.74, 6) is 0.462. The molecule has 0 amide bonds. The molecule has 9 heteroatoms. The van der Waals surface area contributed by atoms with Gasteiger partial charge >= 0.3 is 0 Å². The molecule has 0 radical (unpaired) electrons. The highest BCUT2D eigenvalue weighted by Crippen LogP contribution is 2.40. The third kappa shape index (κ3) is 3.27. The second kappa shape index (κ2) is 7.00. The fraction of sp³-hybridized carbons (Fsp3) is 0.400. The zero-order chi connectivity index (χ0) is 19.8. The van der Waals surface area contributed by atoms with Crippen molar-refractivity contribution in [2.45, 2.75) is 44.1 Å². The average molecular weight is 392 g/mol. The van der Waals surface area contributed by atoms with Gasteiger partial charge in [0.25, 0.3) is 0 Å². The lowest BCUT2D eigenvalue weighted by molar-refractivity contribution is -0.164. The van der Waals surface area contributed by atoms with Crippen LogP contribution in [0.3, 0.4) is 0 Å². The van der Waals surface area contributed by atoms with E-state index in [0.717, 1.165) is 23.5 Å². The number of fused-ring (bicyclic) bond motifs is 2. The lowest BCUT2D eigenvalue weighted by Gasteiger charge is -2.44. The summed E-state index contributed by atoms with van der Waals surface area (Å²) < 4.78 is 8.86. The van der Waals surface area contributed by atoms with E-state index in [1.54, 1.807) is 21.4 Å². The van der Waals surface area contributed by atoms with E-state index in [0.29, 0.717) is 16.9 Å². The van der Waals surface area contributed by atoms with Crippen molar-refractivity contribution in [3.05, 3.63) is 36.8 Å². The molecular formula is C20H24N8O. The van der Waals surface area contributed by atoms with Crippen LogP contribution in [-0.4, -0.2) is 41.4 Å². The minimum absolute atomic E-state index is 0.136. The van der Waals surface area contributed by atoms with Crippen LogP contribution in [0.2, 0.25) is 0 Å². The highest BCUT2D eigenvalue weighted by molar-refractivity contribution is 5.86. The first-order valence-electron chi connectivity index (χ1n) is 9.99. The first-order valence-corrected chi connectivity index (χ1v) is 9.99. The average Bonchev–Trinajstić information content (AvgIpc) is 3.34. The minimum Gasteiger partial charge on any atom is -0.382 e. The van der Waals surface area contributed by atoms with Crippen LogP contribution in [-0.2, 0) is 4.74 Å². The molecular weight excluding hydrogens is 368 g/mol. The van der Waals surface area contributed by atoms with Gasteiger partial charge in [-0.3, -0.25) is 0 Å². The topological polar surface area (TPSA) is 122 Å². The Morgan fingerprint density at radius 3 is 2.45 bits per heavy atom. The summed E-state index contributed by atoms with van der Waals surface area (Å²) in [6, 6.07) is 5.58. The van der Waals surface area contributed by atoms with Crippen LogP contribution < -0.4 is 11.5 Å². The van der Waals surface area contributed by atoms with Crippen molar-refractivity contribution in [3.8, 4) is 11.3 Å². The molecule has 4 N–H and O–H groups in total. The van der Waals surface area contributed by atoms with Gasteiger partial charge in [-0.1, -0.05) is 19.3 Å². The van der Waals surface area contributed by atoms with Crippen molar-refractivity contribution in [2.24, 2.45) is 0 Å². The van der Waals surface area contributed by atoms with Gasteiger partial charge in [-0.15, -0.1) is 5.10 Å². The van der Waals surface area contributed by atoms with Crippen LogP contribution in [0.1, 0.15) is 38.5 Å². The molecule has 1 saturated carbocycles. The van der Waals surface area contributed by atoms with E-state index in [2.05, 4.69) is 20.2 Å². The van der Waals surface area contributed by atoms with Gasteiger partial charge < -0.3 is 16.2 Å². The Morgan fingerprint density at radius 2 is 1.72 bits per heavy atom. The van der Waals surface area contributed by atoms with Gasteiger partial charge in [0.15, 0.2) is 11.5 Å². The van der Waals surface area contributed by atoms with E-state index in [9.17, 15) is 0 Å². The fourth-order valence-corrected chi connectivity index (χ4v) is 4.22. The maximum absolute atomic E-state index is 5.94. The van der Waals surface area contributed by atoms with Crippen LogP contribution in [0.25, 0.3) is 22.4 Å². The molecule has 2 aliphatic rings. The maximum Gasteiger partial charge on any atom is 0.240 e. The highest BCUT2D eigenvalue weighted by Gasteiger charge is 2.38. The summed E-state index contributed by atoms with van der Waals surface area (Å²) in [7, 11) is 0. The Bertz CT molecular complexity index is 1150. The van der Waals surface area contributed by atoms with Gasteiger partial charge in [-0.25, -0.2) is 14.0 Å². The number of hydrogen-bond donors (Lipinski definition) is 2. The van der Waals surface area contributed by atoms with Crippen LogP contribution in [0.4, 0.5) is 11.8 Å². The van der Waals surface area contributed by atoms with Crippen molar-refractivity contribution in [1.29, 1.82) is 0 Å². The summed E-state index contributed by atoms with van der Waals surface area (Å²) in [5.41, 5.74) is 15.0. The van der Waals surface area contributed by atoms with Crippen LogP contribution in [0, 0.1) is 0 Å². The van der Waals surface area contributed by atoms with E-state index in [-0.39, 0.29) is 5.95 Å². The molecule has 4 aromatic rings. The van der Waals surface area contributed by atoms with Gasteiger partial charge in [-0.2, -0.15) is 10.1 Å². The SMILES string of the molecule is C1CCC2(CC1)CCO2.Nc1nc(N)c2c(-c3ccn4nccc4n3)ccn2n1. The zero-order valence-corrected chi connectivity index (χ0v) is 16.2. The summed E-state index contributed by atoms with van der Waals surface area (Å²) >= 11 is 0. The standard InChI is InChI=1S/C12H10N8.C8H14O/c13-11-10-7(2-5-20(10)18-12(14)17-11)8-3-6-19-9(16-8)1-4-15-19;1-2-4-8(5-3-1)6-7-9-8/h1-6H,(H4,13,14,17,18);1-7H2. The maximum atomic E-state index is 5.94. The molecule has 4 aromatic heterocycles. The van der Waals surface area contributed by atoms with Crippen molar-refractivity contribution in [3.63, 3.8) is 0 Å².